The first-order chi connectivity index (χ1) is 9.03. The van der Waals surface area contributed by atoms with Crippen molar-refractivity contribution in [3.8, 4) is 5.75 Å². The minimum atomic E-state index is -0.345. The molecule has 106 valence electrons. The molecule has 0 amide bonds. The monoisotopic (exact) mass is 264 g/mol. The molecule has 1 fully saturated rings. The highest BCUT2D eigenvalue weighted by Crippen LogP contribution is 2.27. The molecule has 3 nitrogen and oxygen atoms in total. The van der Waals surface area contributed by atoms with E-state index in [2.05, 4.69) is 0 Å². The molecule has 1 aliphatic rings. The van der Waals surface area contributed by atoms with E-state index in [9.17, 15) is 10.2 Å². The van der Waals surface area contributed by atoms with Crippen LogP contribution in [0.1, 0.15) is 45.1 Å². The topological polar surface area (TPSA) is 49.7 Å². The Morgan fingerprint density at radius 2 is 1.79 bits per heavy atom. The zero-order chi connectivity index (χ0) is 13.9. The van der Waals surface area contributed by atoms with Crippen LogP contribution in [0, 0.1) is 0 Å². The molecule has 0 bridgehead atoms. The maximum Gasteiger partial charge on any atom is 0.124 e. The predicted molar refractivity (Wildman–Crippen MR) is 75.4 cm³/mol. The maximum atomic E-state index is 9.89. The fraction of sp³-hybridized carbons (Fsp3) is 0.625. The highest BCUT2D eigenvalue weighted by atomic mass is 16.5. The first kappa shape index (κ1) is 14.4. The molecule has 0 saturated heterocycles. The van der Waals surface area contributed by atoms with Crippen molar-refractivity contribution in [1.29, 1.82) is 0 Å². The van der Waals surface area contributed by atoms with E-state index in [0.717, 1.165) is 37.0 Å². The Labute approximate surface area is 115 Å². The van der Waals surface area contributed by atoms with Crippen LogP contribution in [0.4, 0.5) is 0 Å². The van der Waals surface area contributed by atoms with Gasteiger partial charge in [-0.05, 0) is 37.0 Å². The smallest absolute Gasteiger partial charge is 0.124 e. The molecule has 0 aliphatic heterocycles. The zero-order valence-electron chi connectivity index (χ0n) is 11.8. The van der Waals surface area contributed by atoms with Crippen LogP contribution in [-0.2, 0) is 5.41 Å². The molecule has 2 N–H and O–H groups in total. The molecule has 0 aromatic heterocycles. The summed E-state index contributed by atoms with van der Waals surface area (Å²) in [5, 5.41) is 19.2. The van der Waals surface area contributed by atoms with Crippen molar-refractivity contribution in [3.63, 3.8) is 0 Å². The lowest BCUT2D eigenvalue weighted by molar-refractivity contribution is 0.00685. The second-order valence-corrected chi connectivity index (χ2v) is 6.07. The van der Waals surface area contributed by atoms with Crippen LogP contribution in [0.15, 0.2) is 24.3 Å². The van der Waals surface area contributed by atoms with Crippen LogP contribution >= 0.6 is 0 Å². The van der Waals surface area contributed by atoms with Crippen molar-refractivity contribution in [3.05, 3.63) is 29.8 Å². The number of benzene rings is 1. The van der Waals surface area contributed by atoms with Crippen LogP contribution < -0.4 is 4.74 Å². The van der Waals surface area contributed by atoms with Gasteiger partial charge in [0.1, 0.15) is 11.9 Å². The molecule has 1 saturated carbocycles. The predicted octanol–water partition coefficient (Wildman–Crippen LogP) is 2.64. The molecule has 2 unspecified atom stereocenters. The lowest BCUT2D eigenvalue weighted by atomic mass is 9.86. The average Bonchev–Trinajstić information content (AvgIpc) is 2.42. The number of hydrogen-bond acceptors (Lipinski definition) is 3. The van der Waals surface area contributed by atoms with Gasteiger partial charge in [0.05, 0.1) is 12.7 Å². The van der Waals surface area contributed by atoms with Crippen LogP contribution in [0.5, 0.6) is 5.75 Å². The third-order valence-electron chi connectivity index (χ3n) is 3.99. The van der Waals surface area contributed by atoms with Crippen molar-refractivity contribution in [2.75, 3.05) is 6.61 Å². The summed E-state index contributed by atoms with van der Waals surface area (Å²) in [5.41, 5.74) is 0.856. The van der Waals surface area contributed by atoms with Gasteiger partial charge in [-0.25, -0.2) is 0 Å². The summed E-state index contributed by atoms with van der Waals surface area (Å²) >= 11 is 0. The largest absolute Gasteiger partial charge is 0.488 e. The van der Waals surface area contributed by atoms with E-state index >= 15 is 0 Å². The minimum Gasteiger partial charge on any atom is -0.488 e. The number of rotatable bonds is 4. The van der Waals surface area contributed by atoms with Crippen molar-refractivity contribution in [1.82, 2.24) is 0 Å². The average molecular weight is 264 g/mol. The van der Waals surface area contributed by atoms with E-state index < -0.39 is 0 Å². The fourth-order valence-corrected chi connectivity index (χ4v) is 2.47. The van der Waals surface area contributed by atoms with E-state index in [4.69, 9.17) is 4.74 Å². The second-order valence-electron chi connectivity index (χ2n) is 6.07. The molecule has 0 heterocycles. The summed E-state index contributed by atoms with van der Waals surface area (Å²) in [7, 11) is 0. The van der Waals surface area contributed by atoms with E-state index in [1.807, 2.05) is 38.1 Å². The van der Waals surface area contributed by atoms with Gasteiger partial charge >= 0.3 is 0 Å². The fourth-order valence-electron chi connectivity index (χ4n) is 2.47. The van der Waals surface area contributed by atoms with E-state index in [-0.39, 0.29) is 24.2 Å². The Balaban J connectivity index is 2.02. The minimum absolute atomic E-state index is 0.0783. The van der Waals surface area contributed by atoms with Crippen LogP contribution in [-0.4, -0.2) is 29.0 Å². The van der Waals surface area contributed by atoms with Gasteiger partial charge in [0.2, 0.25) is 0 Å². The molecule has 1 aromatic rings. The standard InChI is InChI=1S/C16H24O3/c1-16(2,11-17)12-7-9-13(10-8-12)19-15-6-4-3-5-14(15)18/h7-10,14-15,17-18H,3-6,11H2,1-2H3. The molecular formula is C16H24O3. The molecule has 1 aromatic carbocycles. The van der Waals surface area contributed by atoms with E-state index in [1.165, 1.54) is 0 Å². The molecule has 2 atom stereocenters. The van der Waals surface area contributed by atoms with Gasteiger partial charge in [-0.3, -0.25) is 0 Å². The summed E-state index contributed by atoms with van der Waals surface area (Å²) in [4.78, 5) is 0. The molecule has 3 heteroatoms. The lowest BCUT2D eigenvalue weighted by Crippen LogP contribution is -2.34. The van der Waals surface area contributed by atoms with E-state index in [1.54, 1.807) is 0 Å². The van der Waals surface area contributed by atoms with Gasteiger partial charge in [-0.2, -0.15) is 0 Å². The van der Waals surface area contributed by atoms with E-state index in [0.29, 0.717) is 0 Å². The number of hydrogen-bond donors (Lipinski definition) is 2. The molecule has 19 heavy (non-hydrogen) atoms. The highest BCUT2D eigenvalue weighted by molar-refractivity contribution is 5.31. The van der Waals surface area contributed by atoms with Gasteiger partial charge in [0.25, 0.3) is 0 Å². The summed E-state index contributed by atoms with van der Waals surface area (Å²) in [5.74, 6) is 0.795. The SMILES string of the molecule is CC(C)(CO)c1ccc(OC2CCCCC2O)cc1. The number of aliphatic hydroxyl groups excluding tert-OH is 2. The van der Waals surface area contributed by atoms with Gasteiger partial charge in [-0.15, -0.1) is 0 Å². The third-order valence-corrected chi connectivity index (χ3v) is 3.99. The zero-order valence-corrected chi connectivity index (χ0v) is 11.8. The second kappa shape index (κ2) is 5.93. The van der Waals surface area contributed by atoms with Crippen molar-refractivity contribution in [2.24, 2.45) is 0 Å². The summed E-state index contributed by atoms with van der Waals surface area (Å²) in [6.45, 7) is 4.13. The first-order valence-corrected chi connectivity index (χ1v) is 7.09. The van der Waals surface area contributed by atoms with Crippen LogP contribution in [0.25, 0.3) is 0 Å². The Kier molecular flexibility index (Phi) is 4.48. The van der Waals surface area contributed by atoms with Gasteiger partial charge in [0, 0.05) is 5.41 Å². The maximum absolute atomic E-state index is 9.89. The Bertz CT molecular complexity index is 397. The first-order valence-electron chi connectivity index (χ1n) is 7.09. The Morgan fingerprint density at radius 1 is 1.16 bits per heavy atom. The Hall–Kier alpha value is -1.06. The van der Waals surface area contributed by atoms with Crippen molar-refractivity contribution in [2.45, 2.75) is 57.2 Å². The van der Waals surface area contributed by atoms with Crippen LogP contribution in [0.3, 0.4) is 0 Å². The quantitative estimate of drug-likeness (QED) is 0.879. The molecule has 1 aliphatic carbocycles. The molecular weight excluding hydrogens is 240 g/mol. The van der Waals surface area contributed by atoms with Crippen LogP contribution in [0.2, 0.25) is 0 Å². The summed E-state index contributed by atoms with van der Waals surface area (Å²) < 4.78 is 5.86. The summed E-state index contributed by atoms with van der Waals surface area (Å²) in [6.07, 6.45) is 3.54. The van der Waals surface area contributed by atoms with Gasteiger partial charge < -0.3 is 14.9 Å². The molecule has 0 radical (unpaired) electrons. The lowest BCUT2D eigenvalue weighted by Gasteiger charge is -2.28. The molecule has 0 spiro atoms. The Morgan fingerprint density at radius 3 is 2.37 bits per heavy atom. The van der Waals surface area contributed by atoms with Gasteiger partial charge in [-0.1, -0.05) is 32.4 Å². The highest BCUT2D eigenvalue weighted by Gasteiger charge is 2.25. The normalized spacial score (nSPS) is 24.2. The third kappa shape index (κ3) is 3.48. The number of ether oxygens (including phenoxy) is 1. The summed E-state index contributed by atoms with van der Waals surface area (Å²) in [6, 6.07) is 7.82. The van der Waals surface area contributed by atoms with Crippen molar-refractivity contribution < 1.29 is 14.9 Å². The van der Waals surface area contributed by atoms with Gasteiger partial charge in [0.15, 0.2) is 0 Å². The van der Waals surface area contributed by atoms with Crippen molar-refractivity contribution >= 4 is 0 Å². The molecule has 2 rings (SSSR count). The number of aliphatic hydroxyl groups is 2.